The summed E-state index contributed by atoms with van der Waals surface area (Å²) >= 11 is 0. The zero-order valence-electron chi connectivity index (χ0n) is 25.4. The van der Waals surface area contributed by atoms with Gasteiger partial charge in [0, 0.05) is 6.42 Å². The topological polar surface area (TPSA) is 26.3 Å². The number of carbonyl (C=O) groups is 1. The van der Waals surface area contributed by atoms with E-state index >= 15 is 0 Å². The third kappa shape index (κ3) is 28.0. The zero-order valence-corrected chi connectivity index (χ0v) is 25.4. The molecule has 0 rings (SSSR count). The van der Waals surface area contributed by atoms with Crippen LogP contribution in [0.1, 0.15) is 207 Å². The summed E-state index contributed by atoms with van der Waals surface area (Å²) in [6.07, 6.45) is 37.6. The summed E-state index contributed by atoms with van der Waals surface area (Å²) in [7, 11) is 0. The first-order valence-corrected chi connectivity index (χ1v) is 16.9. The smallest absolute Gasteiger partial charge is 0.306 e. The molecule has 0 aliphatic rings. The fourth-order valence-electron chi connectivity index (χ4n) is 5.28. The fraction of sp³-hybridized carbons (Fsp3) is 0.971. The van der Waals surface area contributed by atoms with E-state index in [4.69, 9.17) is 4.74 Å². The second-order valence-corrected chi connectivity index (χ2v) is 11.6. The van der Waals surface area contributed by atoms with Crippen molar-refractivity contribution in [2.45, 2.75) is 213 Å². The van der Waals surface area contributed by atoms with Crippen LogP contribution in [-0.2, 0) is 9.53 Å². The normalized spacial score (nSPS) is 12.2. The molecule has 2 heteroatoms. The number of esters is 1. The Morgan fingerprint density at radius 1 is 0.417 bits per heavy atom. The Balaban J connectivity index is 3.83. The average Bonchev–Trinajstić information content (AvgIpc) is 2.88. The minimum absolute atomic E-state index is 0.0659. The van der Waals surface area contributed by atoms with Gasteiger partial charge in [0.25, 0.3) is 0 Å². The number of hydrogen-bond donors (Lipinski definition) is 0. The standard InChI is InChI=1S/C34H68O2/c1-4-7-10-13-15-17-18-19-20-21-23-26-29-32-34(35)36-33(30-27-24-12-9-6-3)31-28-25-22-16-14-11-8-5-2/h33H,4-32H2,1-3H3. The molecule has 0 amide bonds. The van der Waals surface area contributed by atoms with E-state index in [2.05, 4.69) is 20.8 Å². The first-order valence-electron chi connectivity index (χ1n) is 16.9. The van der Waals surface area contributed by atoms with Crippen molar-refractivity contribution < 1.29 is 9.53 Å². The van der Waals surface area contributed by atoms with Gasteiger partial charge in [-0.15, -0.1) is 0 Å². The summed E-state index contributed by atoms with van der Waals surface area (Å²) in [4.78, 5) is 12.5. The van der Waals surface area contributed by atoms with Crippen molar-refractivity contribution in [2.75, 3.05) is 0 Å². The van der Waals surface area contributed by atoms with E-state index in [9.17, 15) is 4.79 Å². The van der Waals surface area contributed by atoms with Crippen LogP contribution in [0.2, 0.25) is 0 Å². The van der Waals surface area contributed by atoms with Crippen LogP contribution in [0.3, 0.4) is 0 Å². The predicted molar refractivity (Wildman–Crippen MR) is 161 cm³/mol. The van der Waals surface area contributed by atoms with E-state index in [0.717, 1.165) is 19.3 Å². The molecule has 0 saturated carbocycles. The first-order chi connectivity index (χ1) is 17.7. The number of rotatable bonds is 30. The third-order valence-electron chi connectivity index (χ3n) is 7.79. The van der Waals surface area contributed by atoms with Crippen molar-refractivity contribution in [3.05, 3.63) is 0 Å². The lowest BCUT2D eigenvalue weighted by Crippen LogP contribution is -2.18. The van der Waals surface area contributed by atoms with E-state index in [1.807, 2.05) is 0 Å². The van der Waals surface area contributed by atoms with E-state index in [0.29, 0.717) is 6.42 Å². The van der Waals surface area contributed by atoms with Crippen molar-refractivity contribution in [3.8, 4) is 0 Å². The van der Waals surface area contributed by atoms with Gasteiger partial charge in [0.15, 0.2) is 0 Å². The molecule has 0 aromatic carbocycles. The maximum Gasteiger partial charge on any atom is 0.306 e. The van der Waals surface area contributed by atoms with Gasteiger partial charge in [0.1, 0.15) is 6.10 Å². The molecule has 0 fully saturated rings. The molecule has 36 heavy (non-hydrogen) atoms. The molecule has 0 radical (unpaired) electrons. The van der Waals surface area contributed by atoms with Crippen LogP contribution in [-0.4, -0.2) is 12.1 Å². The highest BCUT2D eigenvalue weighted by molar-refractivity contribution is 5.69. The molecule has 0 saturated heterocycles. The Bertz CT molecular complexity index is 419. The molecule has 2 nitrogen and oxygen atoms in total. The minimum Gasteiger partial charge on any atom is -0.462 e. The number of hydrogen-bond acceptors (Lipinski definition) is 2. The molecule has 0 aliphatic carbocycles. The monoisotopic (exact) mass is 509 g/mol. The maximum atomic E-state index is 12.5. The summed E-state index contributed by atoms with van der Waals surface area (Å²) in [6, 6.07) is 0. The largest absolute Gasteiger partial charge is 0.462 e. The summed E-state index contributed by atoms with van der Waals surface area (Å²) in [6.45, 7) is 6.83. The summed E-state index contributed by atoms with van der Waals surface area (Å²) in [5.41, 5.74) is 0. The van der Waals surface area contributed by atoms with Crippen LogP contribution >= 0.6 is 0 Å². The van der Waals surface area contributed by atoms with Crippen LogP contribution in [0.25, 0.3) is 0 Å². The second kappa shape index (κ2) is 30.7. The summed E-state index contributed by atoms with van der Waals surface area (Å²) in [5, 5.41) is 0. The first kappa shape index (κ1) is 35.5. The van der Waals surface area contributed by atoms with Crippen LogP contribution < -0.4 is 0 Å². The molecule has 0 aliphatic heterocycles. The van der Waals surface area contributed by atoms with Gasteiger partial charge in [-0.3, -0.25) is 4.79 Å². The number of unbranched alkanes of at least 4 members (excludes halogenated alkanes) is 23. The molecule has 1 unspecified atom stereocenters. The molecule has 0 heterocycles. The summed E-state index contributed by atoms with van der Waals surface area (Å²) < 4.78 is 5.98. The number of ether oxygens (including phenoxy) is 1. The van der Waals surface area contributed by atoms with E-state index < -0.39 is 0 Å². The van der Waals surface area contributed by atoms with Crippen molar-refractivity contribution in [2.24, 2.45) is 0 Å². The van der Waals surface area contributed by atoms with Crippen molar-refractivity contribution in [1.29, 1.82) is 0 Å². The highest BCUT2D eigenvalue weighted by Crippen LogP contribution is 2.18. The quantitative estimate of drug-likeness (QED) is 0.0712. The molecule has 0 N–H and O–H groups in total. The van der Waals surface area contributed by atoms with Gasteiger partial charge in [-0.05, 0) is 32.1 Å². The van der Waals surface area contributed by atoms with Crippen LogP contribution in [0, 0.1) is 0 Å². The fourth-order valence-corrected chi connectivity index (χ4v) is 5.28. The maximum absolute atomic E-state index is 12.5. The van der Waals surface area contributed by atoms with Gasteiger partial charge < -0.3 is 4.74 Å². The minimum atomic E-state index is 0.0659. The van der Waals surface area contributed by atoms with Crippen molar-refractivity contribution in [1.82, 2.24) is 0 Å². The lowest BCUT2D eigenvalue weighted by molar-refractivity contribution is -0.150. The van der Waals surface area contributed by atoms with Crippen molar-refractivity contribution >= 4 is 5.97 Å². The van der Waals surface area contributed by atoms with Gasteiger partial charge in [-0.25, -0.2) is 0 Å². The molecule has 0 bridgehead atoms. The van der Waals surface area contributed by atoms with E-state index in [1.54, 1.807) is 0 Å². The number of carbonyl (C=O) groups excluding carboxylic acids is 1. The van der Waals surface area contributed by atoms with Gasteiger partial charge in [0.05, 0.1) is 0 Å². The Morgan fingerprint density at radius 3 is 1.03 bits per heavy atom. The molecule has 1 atom stereocenters. The Hall–Kier alpha value is -0.530. The second-order valence-electron chi connectivity index (χ2n) is 11.6. The average molecular weight is 509 g/mol. The molecular weight excluding hydrogens is 440 g/mol. The van der Waals surface area contributed by atoms with Gasteiger partial charge >= 0.3 is 5.97 Å². The van der Waals surface area contributed by atoms with E-state index in [1.165, 1.54) is 161 Å². The van der Waals surface area contributed by atoms with Gasteiger partial charge in [0.2, 0.25) is 0 Å². The summed E-state index contributed by atoms with van der Waals surface area (Å²) in [5.74, 6) is 0.0659. The zero-order chi connectivity index (χ0) is 26.4. The lowest BCUT2D eigenvalue weighted by Gasteiger charge is -2.18. The molecular formula is C34H68O2. The Morgan fingerprint density at radius 2 is 0.694 bits per heavy atom. The molecule has 0 aromatic heterocycles. The van der Waals surface area contributed by atoms with Crippen molar-refractivity contribution in [3.63, 3.8) is 0 Å². The predicted octanol–water partition coefficient (Wildman–Crippen LogP) is 12.3. The van der Waals surface area contributed by atoms with Gasteiger partial charge in [-0.1, -0.05) is 168 Å². The van der Waals surface area contributed by atoms with E-state index in [-0.39, 0.29) is 12.1 Å². The highest BCUT2D eigenvalue weighted by atomic mass is 16.5. The highest BCUT2D eigenvalue weighted by Gasteiger charge is 2.14. The van der Waals surface area contributed by atoms with Crippen LogP contribution in [0.5, 0.6) is 0 Å². The van der Waals surface area contributed by atoms with Gasteiger partial charge in [-0.2, -0.15) is 0 Å². The molecule has 0 spiro atoms. The molecule has 216 valence electrons. The lowest BCUT2D eigenvalue weighted by atomic mass is 10.0. The Kier molecular flexibility index (Phi) is 30.2. The van der Waals surface area contributed by atoms with Crippen LogP contribution in [0.4, 0.5) is 0 Å². The molecule has 0 aromatic rings. The third-order valence-corrected chi connectivity index (χ3v) is 7.79. The Labute approximate surface area is 228 Å². The van der Waals surface area contributed by atoms with Crippen LogP contribution in [0.15, 0.2) is 0 Å². The SMILES string of the molecule is CCCCCCCCCCCCCCCC(=O)OC(CCCCCCC)CCCCCCCCCC.